The minimum Gasteiger partial charge on any atom is -0.506 e. The first-order valence-corrected chi connectivity index (χ1v) is 7.33. The van der Waals surface area contributed by atoms with Crippen LogP contribution in [-0.4, -0.2) is 48.0 Å². The Kier molecular flexibility index (Phi) is 3.35. The Balaban J connectivity index is 1.98. The Hall–Kier alpha value is -1.14. The highest BCUT2D eigenvalue weighted by Gasteiger charge is 2.30. The lowest BCUT2D eigenvalue weighted by molar-refractivity contribution is 0.251. The second-order valence-corrected chi connectivity index (χ2v) is 6.71. The summed E-state index contributed by atoms with van der Waals surface area (Å²) < 4.78 is 22.7. The standard InChI is InChI=1S/C11H16N2O3S/c1-13(10-4-5-17(15,16)8-10)7-9-2-3-11(14)6-12-9/h2-3,6,10,14H,4-5,7-8H2,1H3. The molecule has 6 heteroatoms. The average Bonchev–Trinajstić information content (AvgIpc) is 2.62. The number of aromatic nitrogens is 1. The van der Waals surface area contributed by atoms with E-state index in [0.717, 1.165) is 5.69 Å². The molecule has 5 nitrogen and oxygen atoms in total. The fraction of sp³-hybridized carbons (Fsp3) is 0.545. The van der Waals surface area contributed by atoms with Gasteiger partial charge in [-0.1, -0.05) is 0 Å². The summed E-state index contributed by atoms with van der Waals surface area (Å²) in [5.41, 5.74) is 0.828. The Morgan fingerprint density at radius 1 is 1.53 bits per heavy atom. The number of pyridine rings is 1. The second kappa shape index (κ2) is 4.62. The molecule has 1 fully saturated rings. The molecule has 1 aromatic rings. The Morgan fingerprint density at radius 2 is 2.29 bits per heavy atom. The molecule has 1 atom stereocenters. The Labute approximate surface area is 101 Å². The van der Waals surface area contributed by atoms with Crippen molar-refractivity contribution in [2.75, 3.05) is 18.6 Å². The van der Waals surface area contributed by atoms with Crippen molar-refractivity contribution in [1.82, 2.24) is 9.88 Å². The summed E-state index contributed by atoms with van der Waals surface area (Å²) in [6.45, 7) is 0.598. The molecule has 1 aromatic heterocycles. The summed E-state index contributed by atoms with van der Waals surface area (Å²) in [6, 6.07) is 3.41. The monoisotopic (exact) mass is 256 g/mol. The number of aromatic hydroxyl groups is 1. The van der Waals surface area contributed by atoms with E-state index >= 15 is 0 Å². The lowest BCUT2D eigenvalue weighted by Crippen LogP contribution is -2.32. The molecule has 0 bridgehead atoms. The average molecular weight is 256 g/mol. The van der Waals surface area contributed by atoms with Gasteiger partial charge < -0.3 is 5.11 Å². The first-order valence-electron chi connectivity index (χ1n) is 5.51. The minimum atomic E-state index is -2.84. The van der Waals surface area contributed by atoms with E-state index in [9.17, 15) is 8.42 Å². The second-order valence-electron chi connectivity index (χ2n) is 4.48. The van der Waals surface area contributed by atoms with Crippen LogP contribution in [0.4, 0.5) is 0 Å². The summed E-state index contributed by atoms with van der Waals surface area (Å²) >= 11 is 0. The van der Waals surface area contributed by atoms with E-state index < -0.39 is 9.84 Å². The molecule has 0 saturated carbocycles. The third kappa shape index (κ3) is 3.17. The van der Waals surface area contributed by atoms with E-state index in [4.69, 9.17) is 5.11 Å². The fourth-order valence-corrected chi connectivity index (χ4v) is 3.82. The van der Waals surface area contributed by atoms with Crippen molar-refractivity contribution in [1.29, 1.82) is 0 Å². The first-order chi connectivity index (χ1) is 7.96. The van der Waals surface area contributed by atoms with Crippen LogP contribution in [0.5, 0.6) is 5.75 Å². The first kappa shape index (κ1) is 12.3. The summed E-state index contributed by atoms with van der Waals surface area (Å²) in [7, 11) is -0.939. The van der Waals surface area contributed by atoms with Crippen molar-refractivity contribution in [2.45, 2.75) is 19.0 Å². The molecule has 1 saturated heterocycles. The number of nitrogens with zero attached hydrogens (tertiary/aromatic N) is 2. The lowest BCUT2D eigenvalue weighted by atomic mass is 10.2. The third-order valence-electron chi connectivity index (χ3n) is 3.05. The normalized spacial score (nSPS) is 23.1. The van der Waals surface area contributed by atoms with Crippen LogP contribution in [0.3, 0.4) is 0 Å². The maximum atomic E-state index is 11.4. The number of hydrogen-bond donors (Lipinski definition) is 1. The molecule has 2 rings (SSSR count). The van der Waals surface area contributed by atoms with Gasteiger partial charge in [-0.15, -0.1) is 0 Å². The van der Waals surface area contributed by atoms with Crippen molar-refractivity contribution in [3.63, 3.8) is 0 Å². The minimum absolute atomic E-state index is 0.0793. The van der Waals surface area contributed by atoms with Crippen LogP contribution in [-0.2, 0) is 16.4 Å². The van der Waals surface area contributed by atoms with Gasteiger partial charge in [0.05, 0.1) is 23.4 Å². The van der Waals surface area contributed by atoms with Gasteiger partial charge in [-0.05, 0) is 25.6 Å². The molecule has 1 unspecified atom stereocenters. The molecule has 0 radical (unpaired) electrons. The van der Waals surface area contributed by atoms with Crippen molar-refractivity contribution in [3.05, 3.63) is 24.0 Å². The van der Waals surface area contributed by atoms with Crippen molar-refractivity contribution >= 4 is 9.84 Å². The predicted octanol–water partition coefficient (Wildman–Crippen LogP) is 0.406. The summed E-state index contributed by atoms with van der Waals surface area (Å²) in [5, 5.41) is 9.12. The van der Waals surface area contributed by atoms with Gasteiger partial charge in [0, 0.05) is 12.6 Å². The van der Waals surface area contributed by atoms with Crippen LogP contribution in [0.2, 0.25) is 0 Å². The summed E-state index contributed by atoms with van der Waals surface area (Å²) in [6.07, 6.45) is 2.09. The van der Waals surface area contributed by atoms with Crippen LogP contribution in [0.25, 0.3) is 0 Å². The molecule has 0 aromatic carbocycles. The Bertz CT molecular complexity index is 484. The van der Waals surface area contributed by atoms with Gasteiger partial charge in [0.2, 0.25) is 0 Å². The molecule has 1 aliphatic rings. The maximum absolute atomic E-state index is 11.4. The molecule has 0 amide bonds. The van der Waals surface area contributed by atoms with E-state index in [2.05, 4.69) is 4.98 Å². The summed E-state index contributed by atoms with van der Waals surface area (Å²) in [5.74, 6) is 0.659. The van der Waals surface area contributed by atoms with Crippen LogP contribution in [0, 0.1) is 0 Å². The molecule has 1 N–H and O–H groups in total. The van der Waals surface area contributed by atoms with E-state index in [-0.39, 0.29) is 23.3 Å². The highest BCUT2D eigenvalue weighted by molar-refractivity contribution is 7.91. The van der Waals surface area contributed by atoms with Crippen molar-refractivity contribution < 1.29 is 13.5 Å². The fourth-order valence-electron chi connectivity index (χ4n) is 2.02. The number of hydrogen-bond acceptors (Lipinski definition) is 5. The van der Waals surface area contributed by atoms with Gasteiger partial charge in [0.25, 0.3) is 0 Å². The van der Waals surface area contributed by atoms with Crippen LogP contribution in [0.15, 0.2) is 18.3 Å². The maximum Gasteiger partial charge on any atom is 0.151 e. The van der Waals surface area contributed by atoms with Gasteiger partial charge in [0.15, 0.2) is 9.84 Å². The van der Waals surface area contributed by atoms with E-state index in [1.165, 1.54) is 6.20 Å². The SMILES string of the molecule is CN(Cc1ccc(O)cn1)C1CCS(=O)(=O)C1. The van der Waals surface area contributed by atoms with E-state index in [1.54, 1.807) is 12.1 Å². The van der Waals surface area contributed by atoms with Crippen LogP contribution < -0.4 is 0 Å². The van der Waals surface area contributed by atoms with Gasteiger partial charge in [-0.2, -0.15) is 0 Å². The highest BCUT2D eigenvalue weighted by Crippen LogP contribution is 2.18. The molecule has 0 aliphatic carbocycles. The van der Waals surface area contributed by atoms with E-state index in [0.29, 0.717) is 13.0 Å². The molecule has 1 aliphatic heterocycles. The molecule has 0 spiro atoms. The zero-order chi connectivity index (χ0) is 12.5. The molecule has 2 heterocycles. The predicted molar refractivity (Wildman–Crippen MR) is 64.4 cm³/mol. The lowest BCUT2D eigenvalue weighted by Gasteiger charge is -2.22. The molecule has 17 heavy (non-hydrogen) atoms. The Morgan fingerprint density at radius 3 is 2.82 bits per heavy atom. The zero-order valence-corrected chi connectivity index (χ0v) is 10.5. The topological polar surface area (TPSA) is 70.5 Å². The molecular weight excluding hydrogens is 240 g/mol. The van der Waals surface area contributed by atoms with Crippen molar-refractivity contribution in [2.24, 2.45) is 0 Å². The van der Waals surface area contributed by atoms with Crippen LogP contribution in [0.1, 0.15) is 12.1 Å². The molecular formula is C11H16N2O3S. The van der Waals surface area contributed by atoms with Gasteiger partial charge in [-0.25, -0.2) is 8.42 Å². The largest absolute Gasteiger partial charge is 0.506 e. The van der Waals surface area contributed by atoms with Gasteiger partial charge >= 0.3 is 0 Å². The van der Waals surface area contributed by atoms with Crippen LogP contribution >= 0.6 is 0 Å². The quantitative estimate of drug-likeness (QED) is 0.848. The summed E-state index contributed by atoms with van der Waals surface area (Å²) in [4.78, 5) is 6.09. The third-order valence-corrected chi connectivity index (χ3v) is 4.80. The van der Waals surface area contributed by atoms with Gasteiger partial charge in [0.1, 0.15) is 5.75 Å². The van der Waals surface area contributed by atoms with Crippen molar-refractivity contribution in [3.8, 4) is 5.75 Å². The highest BCUT2D eigenvalue weighted by atomic mass is 32.2. The molecule has 94 valence electrons. The zero-order valence-electron chi connectivity index (χ0n) is 9.70. The van der Waals surface area contributed by atoms with Gasteiger partial charge in [-0.3, -0.25) is 9.88 Å². The smallest absolute Gasteiger partial charge is 0.151 e. The number of sulfone groups is 1. The van der Waals surface area contributed by atoms with E-state index in [1.807, 2.05) is 11.9 Å². The number of rotatable bonds is 3.